The number of thiocarbonyl (C=S) groups is 1. The number of amides is 3. The molecule has 0 unspecified atom stereocenters. The van der Waals surface area contributed by atoms with Gasteiger partial charge >= 0.3 is 5.97 Å². The number of thioether (sulfide) groups is 1. The number of carboxylic acid groups (broad SMARTS) is 1. The third kappa shape index (κ3) is 3.61. The number of benzene rings is 2. The standard InChI is InChI=1S/C21H15N3O6S2/c1-30-14-9-5-3-7-12(14)18(27)22-24-20(29)17(32-21(24)31)16-11-6-2-4-8-13(11)23(19(16)28)10-15(25)26/h2-9H,10H2,1H3,(H,22,27)(H,25,26)/b17-16-. The maximum absolute atomic E-state index is 13.1. The van der Waals surface area contributed by atoms with Crippen molar-refractivity contribution >= 4 is 63.3 Å². The SMILES string of the molecule is COc1ccccc1C(=O)NN1C(=O)/C(=C2/C(=O)N(CC(=O)O)c3ccccc32)SC1=S. The summed E-state index contributed by atoms with van der Waals surface area (Å²) in [5.41, 5.74) is 3.52. The number of carbonyl (C=O) groups excluding carboxylic acids is 3. The molecule has 0 bridgehead atoms. The topological polar surface area (TPSA) is 116 Å². The number of rotatable bonds is 5. The van der Waals surface area contributed by atoms with Gasteiger partial charge in [0.2, 0.25) is 0 Å². The van der Waals surface area contributed by atoms with E-state index in [0.717, 1.165) is 21.7 Å². The Morgan fingerprint density at radius 1 is 1.09 bits per heavy atom. The van der Waals surface area contributed by atoms with Gasteiger partial charge in [0.25, 0.3) is 17.7 Å². The predicted octanol–water partition coefficient (Wildman–Crippen LogP) is 2.04. The molecule has 2 heterocycles. The number of nitrogens with one attached hydrogen (secondary N) is 1. The molecule has 2 aromatic rings. The molecule has 2 N–H and O–H groups in total. The third-order valence-electron chi connectivity index (χ3n) is 4.78. The summed E-state index contributed by atoms with van der Waals surface area (Å²) >= 11 is 6.13. The van der Waals surface area contributed by atoms with E-state index in [0.29, 0.717) is 17.0 Å². The summed E-state index contributed by atoms with van der Waals surface area (Å²) in [5.74, 6) is -2.79. The van der Waals surface area contributed by atoms with Crippen molar-refractivity contribution in [2.45, 2.75) is 0 Å². The Hall–Kier alpha value is -3.70. The third-order valence-corrected chi connectivity index (χ3v) is 6.15. The van der Waals surface area contributed by atoms with Crippen LogP contribution in [0.5, 0.6) is 5.75 Å². The van der Waals surface area contributed by atoms with E-state index in [1.165, 1.54) is 13.2 Å². The first-order chi connectivity index (χ1) is 15.3. The molecule has 1 saturated heterocycles. The van der Waals surface area contributed by atoms with Gasteiger partial charge in [0.1, 0.15) is 12.3 Å². The fourth-order valence-electron chi connectivity index (χ4n) is 3.40. The van der Waals surface area contributed by atoms with E-state index >= 15 is 0 Å². The van der Waals surface area contributed by atoms with Gasteiger partial charge < -0.3 is 9.84 Å². The van der Waals surface area contributed by atoms with Crippen molar-refractivity contribution in [3.8, 4) is 5.75 Å². The number of hydrazine groups is 1. The number of aliphatic carboxylic acids is 1. The van der Waals surface area contributed by atoms with Gasteiger partial charge in [0.05, 0.1) is 28.8 Å². The highest BCUT2D eigenvalue weighted by Gasteiger charge is 2.43. The number of fused-ring (bicyclic) bond motifs is 1. The first kappa shape index (κ1) is 21.5. The van der Waals surface area contributed by atoms with E-state index in [2.05, 4.69) is 5.43 Å². The largest absolute Gasteiger partial charge is 0.496 e. The molecule has 0 saturated carbocycles. The lowest BCUT2D eigenvalue weighted by Crippen LogP contribution is -2.45. The summed E-state index contributed by atoms with van der Waals surface area (Å²) in [7, 11) is 1.42. The van der Waals surface area contributed by atoms with Gasteiger partial charge in [-0.15, -0.1) is 0 Å². The Morgan fingerprint density at radius 3 is 2.50 bits per heavy atom. The maximum atomic E-state index is 13.1. The molecule has 0 spiro atoms. The van der Waals surface area contributed by atoms with E-state index in [1.54, 1.807) is 42.5 Å². The van der Waals surface area contributed by atoms with Crippen molar-refractivity contribution in [2.24, 2.45) is 0 Å². The van der Waals surface area contributed by atoms with Crippen LogP contribution in [0.1, 0.15) is 15.9 Å². The zero-order chi connectivity index (χ0) is 23.0. The van der Waals surface area contributed by atoms with Crippen molar-refractivity contribution < 1.29 is 29.0 Å². The van der Waals surface area contributed by atoms with E-state index in [-0.39, 0.29) is 20.4 Å². The van der Waals surface area contributed by atoms with Crippen molar-refractivity contribution in [1.82, 2.24) is 10.4 Å². The lowest BCUT2D eigenvalue weighted by atomic mass is 10.1. The summed E-state index contributed by atoms with van der Waals surface area (Å²) < 4.78 is 5.20. The van der Waals surface area contributed by atoms with Crippen LogP contribution in [0.4, 0.5) is 5.69 Å². The number of carbonyl (C=O) groups is 4. The summed E-state index contributed by atoms with van der Waals surface area (Å²) in [6.07, 6.45) is 0. The van der Waals surface area contributed by atoms with Gasteiger partial charge in [-0.05, 0) is 30.4 Å². The smallest absolute Gasteiger partial charge is 0.323 e. The van der Waals surface area contributed by atoms with E-state index in [9.17, 15) is 24.3 Å². The number of para-hydroxylation sites is 2. The molecular weight excluding hydrogens is 454 g/mol. The van der Waals surface area contributed by atoms with Crippen LogP contribution in [0.15, 0.2) is 53.4 Å². The molecule has 0 aliphatic carbocycles. The Labute approximate surface area is 191 Å². The monoisotopic (exact) mass is 469 g/mol. The van der Waals surface area contributed by atoms with Gasteiger partial charge in [-0.25, -0.2) is 0 Å². The quantitative estimate of drug-likeness (QED) is 0.505. The lowest BCUT2D eigenvalue weighted by molar-refractivity contribution is -0.136. The number of carboxylic acids is 1. The Balaban J connectivity index is 1.69. The van der Waals surface area contributed by atoms with E-state index < -0.39 is 30.2 Å². The number of anilines is 1. The van der Waals surface area contributed by atoms with Crippen LogP contribution >= 0.6 is 24.0 Å². The minimum absolute atomic E-state index is 0.0145. The minimum Gasteiger partial charge on any atom is -0.496 e. The maximum Gasteiger partial charge on any atom is 0.323 e. The van der Waals surface area contributed by atoms with Crippen LogP contribution in [-0.4, -0.2) is 51.8 Å². The molecule has 0 atom stereocenters. The molecule has 0 aromatic heterocycles. The van der Waals surface area contributed by atoms with Crippen LogP contribution in [0.25, 0.3) is 5.57 Å². The van der Waals surface area contributed by atoms with Crippen molar-refractivity contribution in [1.29, 1.82) is 0 Å². The van der Waals surface area contributed by atoms with Gasteiger partial charge in [-0.3, -0.25) is 29.5 Å². The average Bonchev–Trinajstić information content (AvgIpc) is 3.21. The molecule has 0 radical (unpaired) electrons. The summed E-state index contributed by atoms with van der Waals surface area (Å²) in [4.78, 5) is 51.3. The Morgan fingerprint density at radius 2 is 1.78 bits per heavy atom. The Kier molecular flexibility index (Phi) is 5.68. The van der Waals surface area contributed by atoms with Crippen molar-refractivity contribution in [3.63, 3.8) is 0 Å². The minimum atomic E-state index is -1.19. The van der Waals surface area contributed by atoms with Crippen LogP contribution in [-0.2, 0) is 14.4 Å². The van der Waals surface area contributed by atoms with Gasteiger partial charge in [0.15, 0.2) is 4.32 Å². The summed E-state index contributed by atoms with van der Waals surface area (Å²) in [6, 6.07) is 13.1. The highest BCUT2D eigenvalue weighted by atomic mass is 32.2. The highest BCUT2D eigenvalue weighted by molar-refractivity contribution is 8.26. The first-order valence-electron chi connectivity index (χ1n) is 9.21. The fourth-order valence-corrected chi connectivity index (χ4v) is 4.65. The summed E-state index contributed by atoms with van der Waals surface area (Å²) in [5, 5.41) is 10.1. The summed E-state index contributed by atoms with van der Waals surface area (Å²) in [6.45, 7) is -0.551. The van der Waals surface area contributed by atoms with Crippen LogP contribution in [0, 0.1) is 0 Å². The molecule has 1 fully saturated rings. The second-order valence-corrected chi connectivity index (χ2v) is 8.30. The molecular formula is C21H15N3O6S2. The molecule has 2 aliphatic heterocycles. The molecule has 4 rings (SSSR count). The zero-order valence-electron chi connectivity index (χ0n) is 16.5. The number of ether oxygens (including phenoxy) is 1. The fraction of sp³-hybridized carbons (Fsp3) is 0.0952. The zero-order valence-corrected chi connectivity index (χ0v) is 18.2. The molecule has 2 aliphatic rings. The second-order valence-electron chi connectivity index (χ2n) is 6.66. The van der Waals surface area contributed by atoms with E-state index in [4.69, 9.17) is 17.0 Å². The van der Waals surface area contributed by atoms with Crippen LogP contribution < -0.4 is 15.1 Å². The Bertz CT molecular complexity index is 1230. The van der Waals surface area contributed by atoms with Gasteiger partial charge in [0, 0.05) is 5.56 Å². The predicted molar refractivity (Wildman–Crippen MR) is 121 cm³/mol. The average molecular weight is 470 g/mol. The van der Waals surface area contributed by atoms with Crippen molar-refractivity contribution in [2.75, 3.05) is 18.6 Å². The van der Waals surface area contributed by atoms with Crippen molar-refractivity contribution in [3.05, 3.63) is 64.6 Å². The van der Waals surface area contributed by atoms with Gasteiger partial charge in [-0.2, -0.15) is 5.01 Å². The van der Waals surface area contributed by atoms with Crippen LogP contribution in [0.3, 0.4) is 0 Å². The number of nitrogens with zero attached hydrogens (tertiary/aromatic N) is 2. The normalized spacial score (nSPS) is 17.6. The molecule has 162 valence electrons. The number of hydrogen-bond acceptors (Lipinski definition) is 7. The second kappa shape index (κ2) is 8.44. The first-order valence-corrected chi connectivity index (χ1v) is 10.4. The molecule has 9 nitrogen and oxygen atoms in total. The highest BCUT2D eigenvalue weighted by Crippen LogP contribution is 2.44. The lowest BCUT2D eigenvalue weighted by Gasteiger charge is -2.17. The molecule has 11 heteroatoms. The van der Waals surface area contributed by atoms with E-state index in [1.807, 2.05) is 0 Å². The molecule has 32 heavy (non-hydrogen) atoms. The van der Waals surface area contributed by atoms with Gasteiger partial charge in [-0.1, -0.05) is 42.1 Å². The molecule has 3 amide bonds. The number of methoxy groups -OCH3 is 1. The number of hydrogen-bond donors (Lipinski definition) is 2. The molecule has 2 aromatic carbocycles. The van der Waals surface area contributed by atoms with Crippen LogP contribution in [0.2, 0.25) is 0 Å².